The molecule has 0 rings (SSSR count). The summed E-state index contributed by atoms with van der Waals surface area (Å²) in [4.78, 5) is 4.02. The zero-order valence-electron chi connectivity index (χ0n) is 11.1. The van der Waals surface area contributed by atoms with Gasteiger partial charge in [-0.25, -0.2) is 0 Å². The molecule has 0 aromatic carbocycles. The van der Waals surface area contributed by atoms with Crippen LogP contribution in [0.1, 0.15) is 27.7 Å². The molecule has 0 aromatic heterocycles. The smallest absolute Gasteiger partial charge is 0.680 e. The fourth-order valence-corrected chi connectivity index (χ4v) is 2.07. The number of thiol groups is 2. The molecule has 17 heavy (non-hydrogen) atoms. The van der Waals surface area contributed by atoms with E-state index in [4.69, 9.17) is 25.3 Å². The van der Waals surface area contributed by atoms with Gasteiger partial charge < -0.3 is 25.3 Å². The number of hydrogen-bond donors (Lipinski definition) is 0. The Morgan fingerprint density at radius 2 is 0.941 bits per heavy atom. The van der Waals surface area contributed by atoms with Crippen molar-refractivity contribution < 1.29 is 27.3 Å². The molecule has 0 unspecified atom stereocenters. The maximum atomic E-state index is 4.81. The van der Waals surface area contributed by atoms with Crippen molar-refractivity contribution >= 4 is 58.3 Å². The summed E-state index contributed by atoms with van der Waals surface area (Å²) in [6, 6.07) is 0. The fraction of sp³-hybridized carbons (Fsp3) is 0.800. The summed E-state index contributed by atoms with van der Waals surface area (Å²) in [6.07, 6.45) is 0. The molecule has 0 saturated heterocycles. The van der Waals surface area contributed by atoms with Crippen molar-refractivity contribution in [2.24, 2.45) is 0 Å². The predicted octanol–water partition coefficient (Wildman–Crippen LogP) is 0.481. The Bertz CT molecular complexity index is 184. The second kappa shape index (κ2) is 15.8. The third-order valence-corrected chi connectivity index (χ3v) is 3.15. The molecule has 2 nitrogen and oxygen atoms in total. The molecule has 0 spiro atoms. The summed E-state index contributed by atoms with van der Waals surface area (Å²) >= 11 is 17.6. The average molecular weight is 411 g/mol. The average Bonchev–Trinajstić information content (AvgIpc) is 2.21. The van der Waals surface area contributed by atoms with Crippen LogP contribution in [0.2, 0.25) is 0 Å². The van der Waals surface area contributed by atoms with Gasteiger partial charge in [-0.3, -0.25) is 9.80 Å². The van der Waals surface area contributed by atoms with Gasteiger partial charge in [0.05, 0.1) is 0 Å². The van der Waals surface area contributed by atoms with Gasteiger partial charge in [-0.05, 0) is 0 Å². The Kier molecular flexibility index (Phi) is 22.1. The normalized spacial score (nSPS) is 9.41. The third-order valence-electron chi connectivity index (χ3n) is 2.07. The van der Waals surface area contributed by atoms with Crippen molar-refractivity contribution in [2.75, 3.05) is 26.2 Å². The summed E-state index contributed by atoms with van der Waals surface area (Å²) in [7, 11) is 0. The molecule has 7 heteroatoms. The maximum Gasteiger partial charge on any atom is 2.00 e. The minimum absolute atomic E-state index is 0. The number of nitrogens with zero attached hydrogens (tertiary/aromatic N) is 2. The molecule has 0 aliphatic rings. The van der Waals surface area contributed by atoms with Gasteiger partial charge in [0.1, 0.15) is 33.1 Å². The predicted molar refractivity (Wildman–Crippen MR) is 88.1 cm³/mol. The molecule has 96 valence electrons. The molecular weight excluding hydrogens is 389 g/mol. The largest absolute Gasteiger partial charge is 2.00 e. The first kappa shape index (κ1) is 23.8. The Balaban J connectivity index is -0.000000218. The molecule has 0 heterocycles. The molecule has 0 aliphatic carbocycles. The minimum atomic E-state index is 0. The van der Waals surface area contributed by atoms with Gasteiger partial charge in [0.2, 0.25) is 0 Å². The first-order chi connectivity index (χ1) is 7.44. The molecule has 0 atom stereocenters. The van der Waals surface area contributed by atoms with Crippen LogP contribution in [0.25, 0.3) is 0 Å². The van der Waals surface area contributed by atoms with Crippen molar-refractivity contribution in [1.82, 2.24) is 9.80 Å². The maximum absolute atomic E-state index is 4.81. The van der Waals surface area contributed by atoms with Gasteiger partial charge in [0, 0.05) is 26.2 Å². The molecule has 0 radical (unpaired) electrons. The van der Waals surface area contributed by atoms with E-state index in [1.165, 1.54) is 0 Å². The van der Waals surface area contributed by atoms with Crippen LogP contribution in [0.5, 0.6) is 0 Å². The van der Waals surface area contributed by atoms with Crippen LogP contribution in [0.4, 0.5) is 0 Å². The van der Waals surface area contributed by atoms with E-state index in [-0.39, 0.29) is 27.3 Å². The van der Waals surface area contributed by atoms with E-state index in [0.717, 1.165) is 26.2 Å². The van der Waals surface area contributed by atoms with Crippen molar-refractivity contribution in [3.8, 4) is 0 Å². The first-order valence-corrected chi connectivity index (χ1v) is 7.11. The van der Waals surface area contributed by atoms with E-state index >= 15 is 0 Å². The monoisotopic (exact) mass is 412 g/mol. The molecule has 0 amide bonds. The van der Waals surface area contributed by atoms with Gasteiger partial charge in [-0.2, -0.15) is 0 Å². The standard InChI is InChI=1S/2C5H11NS2.Cd/c2*1-3-6(4-2)5(7)8;/h2*3-4H2,1-2H3,(H,7,8);/q;;+2. The van der Waals surface area contributed by atoms with Gasteiger partial charge in [0.25, 0.3) is 0 Å². The Morgan fingerprint density at radius 1 is 0.765 bits per heavy atom. The van der Waals surface area contributed by atoms with Gasteiger partial charge >= 0.3 is 27.3 Å². The Morgan fingerprint density at radius 3 is 0.941 bits per heavy atom. The van der Waals surface area contributed by atoms with E-state index in [1.807, 2.05) is 9.80 Å². The van der Waals surface area contributed by atoms with Crippen LogP contribution in [0.15, 0.2) is 0 Å². The van der Waals surface area contributed by atoms with E-state index in [9.17, 15) is 0 Å². The van der Waals surface area contributed by atoms with Crippen LogP contribution in [-0.2, 0) is 77.0 Å². The molecule has 0 aromatic rings. The molecule has 0 N–H and O–H groups in total. The molecule has 0 saturated carbocycles. The second-order valence-corrected chi connectivity index (χ2v) is 5.14. The second-order valence-electron chi connectivity index (χ2n) is 2.91. The minimum Gasteiger partial charge on any atom is -0.680 e. The van der Waals surface area contributed by atoms with Crippen molar-refractivity contribution in [1.29, 1.82) is 0 Å². The molecular formula is C10H22CdN2S4+2. The first-order valence-electron chi connectivity index (χ1n) is 5.40. The molecule has 0 bridgehead atoms. The summed E-state index contributed by atoms with van der Waals surface area (Å²) in [5.41, 5.74) is 0. The van der Waals surface area contributed by atoms with E-state index in [0.29, 0.717) is 8.64 Å². The zero-order chi connectivity index (χ0) is 13.1. The Hall–Kier alpha value is 1.72. The van der Waals surface area contributed by atoms with Gasteiger partial charge in [0.15, 0.2) is 0 Å². The molecule has 0 fully saturated rings. The molecule has 0 aliphatic heterocycles. The van der Waals surface area contributed by atoms with Crippen LogP contribution in [0.3, 0.4) is 0 Å². The fourth-order valence-electron chi connectivity index (χ4n) is 0.988. The summed E-state index contributed by atoms with van der Waals surface area (Å²) in [5.74, 6) is 0. The Labute approximate surface area is 148 Å². The number of hydrogen-bond acceptors (Lipinski definition) is 2. The van der Waals surface area contributed by atoms with Crippen molar-refractivity contribution in [3.63, 3.8) is 0 Å². The van der Waals surface area contributed by atoms with Crippen LogP contribution in [0, 0.1) is 0 Å². The van der Waals surface area contributed by atoms with Crippen molar-refractivity contribution in [2.45, 2.75) is 27.7 Å². The topological polar surface area (TPSA) is 6.48 Å². The summed E-state index contributed by atoms with van der Waals surface area (Å²) < 4.78 is 1.38. The van der Waals surface area contributed by atoms with Gasteiger partial charge in [-0.1, -0.05) is 27.7 Å². The third kappa shape index (κ3) is 13.9. The SMILES string of the molecule is CCN(CC)C([S-])=[SH+].CCN(CC)C([S-])=[SH+].[Cd+2]. The van der Waals surface area contributed by atoms with Crippen LogP contribution in [-0.4, -0.2) is 44.6 Å². The van der Waals surface area contributed by atoms with Crippen molar-refractivity contribution in [3.05, 3.63) is 0 Å². The van der Waals surface area contributed by atoms with E-state index in [2.05, 4.69) is 52.1 Å². The van der Waals surface area contributed by atoms with Crippen LogP contribution < -0.4 is 0 Å². The quantitative estimate of drug-likeness (QED) is 0.218. The summed E-state index contributed by atoms with van der Waals surface area (Å²) in [6.45, 7) is 12.1. The van der Waals surface area contributed by atoms with Crippen LogP contribution >= 0.6 is 0 Å². The summed E-state index contributed by atoms with van der Waals surface area (Å²) in [5, 5.41) is 0. The van der Waals surface area contributed by atoms with E-state index < -0.39 is 0 Å². The van der Waals surface area contributed by atoms with E-state index in [1.54, 1.807) is 0 Å². The number of rotatable bonds is 4. The van der Waals surface area contributed by atoms with Gasteiger partial charge in [-0.15, -0.1) is 0 Å². The zero-order valence-corrected chi connectivity index (χ0v) is 18.6.